The lowest BCUT2D eigenvalue weighted by Crippen LogP contribution is -2.48. The molecule has 0 bridgehead atoms. The van der Waals surface area contributed by atoms with Gasteiger partial charge in [-0.25, -0.2) is 0 Å². The van der Waals surface area contributed by atoms with Gasteiger partial charge in [0.05, 0.1) is 5.56 Å². The maximum absolute atomic E-state index is 13.6. The molecule has 0 spiro atoms. The molecule has 9 heteroatoms. The number of H-pyrrole nitrogens is 1. The van der Waals surface area contributed by atoms with Crippen molar-refractivity contribution in [1.29, 1.82) is 0 Å². The number of phenolic OH excluding ortho intramolecular Hbond substituents is 1. The van der Waals surface area contributed by atoms with Crippen molar-refractivity contribution < 1.29 is 22.7 Å². The molecule has 0 unspecified atom stereocenters. The van der Waals surface area contributed by atoms with Gasteiger partial charge >= 0.3 is 6.18 Å². The number of benzene rings is 2. The molecule has 0 atom stereocenters. The molecule has 0 fully saturated rings. The Kier molecular flexibility index (Phi) is 8.32. The van der Waals surface area contributed by atoms with Gasteiger partial charge < -0.3 is 14.5 Å². The van der Waals surface area contributed by atoms with Crippen LogP contribution in [0.1, 0.15) is 52.7 Å². The summed E-state index contributed by atoms with van der Waals surface area (Å²) in [4.78, 5) is 15.9. The van der Waals surface area contributed by atoms with Crippen molar-refractivity contribution in [3.8, 4) is 16.9 Å². The van der Waals surface area contributed by atoms with Gasteiger partial charge in [-0.15, -0.1) is 0 Å². The Hall–Kier alpha value is -2.29. The molecule has 1 aromatic heterocycles. The Morgan fingerprint density at radius 1 is 1.00 bits per heavy atom. The van der Waals surface area contributed by atoms with E-state index in [0.29, 0.717) is 16.6 Å². The molecule has 0 radical (unpaired) electrons. The largest absolute Gasteiger partial charge is 0.507 e. The first-order chi connectivity index (χ1) is 16.7. The fourth-order valence-electron chi connectivity index (χ4n) is 5.59. The first-order valence-electron chi connectivity index (χ1n) is 12.1. The predicted molar refractivity (Wildman–Crippen MR) is 142 cm³/mol. The minimum Gasteiger partial charge on any atom is -0.507 e. The average molecular weight is 540 g/mol. The van der Waals surface area contributed by atoms with Gasteiger partial charge in [0.1, 0.15) is 5.75 Å². The Morgan fingerprint density at radius 2 is 1.61 bits per heavy atom. The molecule has 2 N–H and O–H groups in total. The topological polar surface area (TPSA) is 62.3 Å². The Bertz CT molecular complexity index is 1280. The summed E-state index contributed by atoms with van der Waals surface area (Å²) in [5, 5.41) is 11.1. The summed E-state index contributed by atoms with van der Waals surface area (Å²) >= 11 is 6.19. The SMILES string of the molecule is CC(C)[Si](OCCc1c(-c2cc(Cl)ccc2O)c2cc(C(F)(F)F)ccc2[nH]c1=O)(C(C)C)C(C)C. The number of pyridine rings is 1. The zero-order valence-corrected chi connectivity index (χ0v) is 23.1. The van der Waals surface area contributed by atoms with Gasteiger partial charge in [-0.1, -0.05) is 53.1 Å². The third kappa shape index (κ3) is 5.36. The predicted octanol–water partition coefficient (Wildman–Crippen LogP) is 8.31. The number of hydrogen-bond donors (Lipinski definition) is 2. The number of nitrogens with one attached hydrogen (secondary N) is 1. The Morgan fingerprint density at radius 3 is 2.17 bits per heavy atom. The number of aromatic hydroxyl groups is 1. The van der Waals surface area contributed by atoms with Crippen LogP contribution in [0.2, 0.25) is 21.6 Å². The molecule has 3 aromatic rings. The molecule has 1 heterocycles. The van der Waals surface area contributed by atoms with E-state index in [-0.39, 0.29) is 51.4 Å². The summed E-state index contributed by atoms with van der Waals surface area (Å²) in [5.74, 6) is -0.179. The quantitative estimate of drug-likeness (QED) is 0.283. The van der Waals surface area contributed by atoms with E-state index < -0.39 is 25.6 Å². The highest BCUT2D eigenvalue weighted by molar-refractivity contribution is 6.77. The highest BCUT2D eigenvalue weighted by Crippen LogP contribution is 2.43. The monoisotopic (exact) mass is 539 g/mol. The normalized spacial score (nSPS) is 12.9. The minimum atomic E-state index is -4.57. The summed E-state index contributed by atoms with van der Waals surface area (Å²) in [5.41, 5.74) is 0.627. The molecule has 36 heavy (non-hydrogen) atoms. The Labute approximate surface area is 215 Å². The second-order valence-corrected chi connectivity index (χ2v) is 16.0. The van der Waals surface area contributed by atoms with Crippen molar-refractivity contribution in [2.75, 3.05) is 6.61 Å². The number of rotatable bonds is 8. The molecular formula is C27H33ClF3NO3Si. The standard InChI is InChI=1S/C27H33ClF3NO3Si/c1-15(2)36(16(3)4,17(5)6)35-12-11-20-25(22-14-19(28)8-10-24(22)33)21-13-18(27(29,30)31)7-9-23(21)32-26(20)34/h7-10,13-17,33H,11-12H2,1-6H3,(H,32,34). The number of hydrogen-bond acceptors (Lipinski definition) is 3. The van der Waals surface area contributed by atoms with E-state index >= 15 is 0 Å². The van der Waals surface area contributed by atoms with Crippen LogP contribution in [0.3, 0.4) is 0 Å². The van der Waals surface area contributed by atoms with E-state index in [1.165, 1.54) is 24.3 Å². The summed E-state index contributed by atoms with van der Waals surface area (Å²) in [6.07, 6.45) is -4.40. The Balaban J connectivity index is 2.22. The molecule has 0 saturated carbocycles. The first kappa shape index (κ1) is 28.3. The maximum atomic E-state index is 13.6. The highest BCUT2D eigenvalue weighted by Gasteiger charge is 2.45. The van der Waals surface area contributed by atoms with Gasteiger partial charge in [0.2, 0.25) is 0 Å². The number of halogens is 4. The molecule has 3 rings (SSSR count). The van der Waals surface area contributed by atoms with E-state index in [9.17, 15) is 23.1 Å². The van der Waals surface area contributed by atoms with Crippen molar-refractivity contribution in [3.05, 3.63) is 62.9 Å². The maximum Gasteiger partial charge on any atom is 0.416 e. The summed E-state index contributed by atoms with van der Waals surface area (Å²) in [6, 6.07) is 7.47. The van der Waals surface area contributed by atoms with E-state index in [0.717, 1.165) is 12.1 Å². The fraction of sp³-hybridized carbons (Fsp3) is 0.444. The minimum absolute atomic E-state index is 0.170. The molecule has 0 saturated heterocycles. The number of aromatic nitrogens is 1. The van der Waals surface area contributed by atoms with Crippen molar-refractivity contribution in [2.24, 2.45) is 0 Å². The number of alkyl halides is 3. The summed E-state index contributed by atoms with van der Waals surface area (Å²) < 4.78 is 47.4. The molecule has 0 aliphatic rings. The van der Waals surface area contributed by atoms with Crippen LogP contribution in [0, 0.1) is 0 Å². The zero-order valence-electron chi connectivity index (χ0n) is 21.4. The molecule has 2 aromatic carbocycles. The second kappa shape index (κ2) is 10.6. The van der Waals surface area contributed by atoms with Gasteiger partial charge in [-0.3, -0.25) is 4.79 Å². The number of aromatic amines is 1. The third-order valence-corrected chi connectivity index (χ3v) is 13.4. The lowest BCUT2D eigenvalue weighted by atomic mass is 9.93. The van der Waals surface area contributed by atoms with Gasteiger partial charge in [-0.05, 0) is 53.0 Å². The van der Waals surface area contributed by atoms with Crippen molar-refractivity contribution in [3.63, 3.8) is 0 Å². The lowest BCUT2D eigenvalue weighted by Gasteiger charge is -2.42. The van der Waals surface area contributed by atoms with Crippen LogP contribution in [0.15, 0.2) is 41.2 Å². The van der Waals surface area contributed by atoms with Gasteiger partial charge in [0.25, 0.3) is 5.56 Å². The van der Waals surface area contributed by atoms with Crippen LogP contribution in [-0.4, -0.2) is 25.0 Å². The molecule has 0 aliphatic heterocycles. The van der Waals surface area contributed by atoms with Crippen LogP contribution in [0.5, 0.6) is 5.75 Å². The van der Waals surface area contributed by atoms with Crippen molar-refractivity contribution in [1.82, 2.24) is 4.98 Å². The zero-order chi connectivity index (χ0) is 27.0. The van der Waals surface area contributed by atoms with Gasteiger partial charge in [0.15, 0.2) is 8.32 Å². The number of phenols is 1. The average Bonchev–Trinajstić information content (AvgIpc) is 2.76. The van der Waals surface area contributed by atoms with Crippen LogP contribution in [0.4, 0.5) is 13.2 Å². The van der Waals surface area contributed by atoms with E-state index in [1.807, 2.05) is 0 Å². The van der Waals surface area contributed by atoms with E-state index in [4.69, 9.17) is 16.0 Å². The van der Waals surface area contributed by atoms with Crippen molar-refractivity contribution in [2.45, 2.75) is 70.8 Å². The van der Waals surface area contributed by atoms with Gasteiger partial charge in [0, 0.05) is 45.6 Å². The molecular weight excluding hydrogens is 507 g/mol. The molecule has 196 valence electrons. The van der Waals surface area contributed by atoms with Crippen LogP contribution in [0.25, 0.3) is 22.0 Å². The van der Waals surface area contributed by atoms with Crippen LogP contribution < -0.4 is 5.56 Å². The van der Waals surface area contributed by atoms with E-state index in [2.05, 4.69) is 46.5 Å². The van der Waals surface area contributed by atoms with Crippen molar-refractivity contribution >= 4 is 30.8 Å². The third-order valence-electron chi connectivity index (χ3n) is 7.08. The molecule has 4 nitrogen and oxygen atoms in total. The van der Waals surface area contributed by atoms with E-state index in [1.54, 1.807) is 0 Å². The van der Waals surface area contributed by atoms with Crippen LogP contribution in [-0.2, 0) is 17.0 Å². The first-order valence-corrected chi connectivity index (χ1v) is 14.6. The lowest BCUT2D eigenvalue weighted by molar-refractivity contribution is -0.137. The molecule has 0 aliphatic carbocycles. The highest BCUT2D eigenvalue weighted by atomic mass is 35.5. The van der Waals surface area contributed by atoms with Gasteiger partial charge in [-0.2, -0.15) is 13.2 Å². The molecule has 0 amide bonds. The summed E-state index contributed by atoms with van der Waals surface area (Å²) in [6.45, 7) is 13.2. The smallest absolute Gasteiger partial charge is 0.416 e. The second-order valence-electron chi connectivity index (χ2n) is 10.1. The fourth-order valence-corrected chi connectivity index (χ4v) is 11.2. The summed E-state index contributed by atoms with van der Waals surface area (Å²) in [7, 11) is -2.23. The number of fused-ring (bicyclic) bond motifs is 1. The van der Waals surface area contributed by atoms with Crippen LogP contribution >= 0.6 is 11.6 Å².